The molecule has 0 atom stereocenters. The Balaban J connectivity index is 4.33. The summed E-state index contributed by atoms with van der Waals surface area (Å²) >= 11 is 0. The van der Waals surface area contributed by atoms with Crippen LogP contribution in [0.2, 0.25) is 0 Å². The normalized spacial score (nSPS) is 12.8. The van der Waals surface area contributed by atoms with Crippen LogP contribution in [0.5, 0.6) is 0 Å². The summed E-state index contributed by atoms with van der Waals surface area (Å²) in [5.74, 6) is 0. The van der Waals surface area contributed by atoms with E-state index in [0.717, 1.165) is 103 Å². The molecule has 0 saturated carbocycles. The number of unbranched alkanes of at least 4 members (excludes halogenated alkanes) is 5. The first kappa shape index (κ1) is 23.9. The summed E-state index contributed by atoms with van der Waals surface area (Å²) < 4.78 is 0. The first-order chi connectivity index (χ1) is 11.4. The molecule has 146 valence electrons. The SMILES string of the molecule is CCCCC(O)(CCCC)CCCCC(O)(CCCC)CCCC. The summed E-state index contributed by atoms with van der Waals surface area (Å²) in [5, 5.41) is 21.8. The first-order valence-electron chi connectivity index (χ1n) is 10.9. The van der Waals surface area contributed by atoms with E-state index >= 15 is 0 Å². The van der Waals surface area contributed by atoms with Crippen molar-refractivity contribution >= 4 is 0 Å². The van der Waals surface area contributed by atoms with Crippen LogP contribution in [0.25, 0.3) is 0 Å². The van der Waals surface area contributed by atoms with Gasteiger partial charge in [0, 0.05) is 0 Å². The molecule has 0 aromatic heterocycles. The zero-order valence-corrected chi connectivity index (χ0v) is 17.2. The smallest absolute Gasteiger partial charge is 0.0647 e. The molecule has 0 saturated heterocycles. The minimum absolute atomic E-state index is 0.461. The minimum atomic E-state index is -0.461. The molecule has 24 heavy (non-hydrogen) atoms. The average Bonchev–Trinajstić information content (AvgIpc) is 2.59. The Kier molecular flexibility index (Phi) is 14.1. The van der Waals surface area contributed by atoms with Crippen LogP contribution < -0.4 is 0 Å². The van der Waals surface area contributed by atoms with E-state index in [1.165, 1.54) is 0 Å². The Morgan fingerprint density at radius 2 is 0.625 bits per heavy atom. The van der Waals surface area contributed by atoms with E-state index in [4.69, 9.17) is 0 Å². The fourth-order valence-electron chi connectivity index (χ4n) is 3.68. The molecule has 0 unspecified atom stereocenters. The van der Waals surface area contributed by atoms with Gasteiger partial charge in [-0.3, -0.25) is 0 Å². The molecule has 0 aliphatic carbocycles. The van der Waals surface area contributed by atoms with Crippen LogP contribution in [0.1, 0.15) is 130 Å². The molecular formula is C22H46O2. The zero-order chi connectivity index (χ0) is 18.3. The third-order valence-corrected chi connectivity index (χ3v) is 5.52. The topological polar surface area (TPSA) is 40.5 Å². The van der Waals surface area contributed by atoms with Gasteiger partial charge in [-0.2, -0.15) is 0 Å². The van der Waals surface area contributed by atoms with Gasteiger partial charge >= 0.3 is 0 Å². The molecule has 0 aromatic rings. The molecular weight excluding hydrogens is 296 g/mol. The Bertz CT molecular complexity index is 231. The van der Waals surface area contributed by atoms with Gasteiger partial charge in [-0.1, -0.05) is 91.9 Å². The number of hydrogen-bond acceptors (Lipinski definition) is 2. The van der Waals surface area contributed by atoms with Gasteiger partial charge in [-0.25, -0.2) is 0 Å². The van der Waals surface area contributed by atoms with Crippen LogP contribution in [-0.2, 0) is 0 Å². The Morgan fingerprint density at radius 1 is 0.417 bits per heavy atom. The Labute approximate surface area is 152 Å². The van der Waals surface area contributed by atoms with Crippen molar-refractivity contribution in [2.75, 3.05) is 0 Å². The molecule has 0 radical (unpaired) electrons. The molecule has 0 aromatic carbocycles. The van der Waals surface area contributed by atoms with Crippen LogP contribution in [0.15, 0.2) is 0 Å². The highest BCUT2D eigenvalue weighted by Gasteiger charge is 2.27. The molecule has 0 aliphatic rings. The van der Waals surface area contributed by atoms with Gasteiger partial charge in [0.05, 0.1) is 11.2 Å². The van der Waals surface area contributed by atoms with E-state index in [0.29, 0.717) is 0 Å². The molecule has 0 bridgehead atoms. The van der Waals surface area contributed by atoms with E-state index in [9.17, 15) is 10.2 Å². The molecule has 0 rings (SSSR count). The van der Waals surface area contributed by atoms with Crippen molar-refractivity contribution in [2.24, 2.45) is 0 Å². The standard InChI is InChI=1S/C22H46O2/c1-5-9-15-21(23,16-10-6-2)19-13-14-20-22(24,17-11-7-3)18-12-8-4/h23-24H,5-20H2,1-4H3. The Hall–Kier alpha value is -0.0800. The third-order valence-electron chi connectivity index (χ3n) is 5.52. The van der Waals surface area contributed by atoms with E-state index in [2.05, 4.69) is 27.7 Å². The largest absolute Gasteiger partial charge is 0.390 e. The molecule has 0 fully saturated rings. The maximum absolute atomic E-state index is 10.9. The maximum Gasteiger partial charge on any atom is 0.0647 e. The summed E-state index contributed by atoms with van der Waals surface area (Å²) in [6.07, 6.45) is 16.8. The van der Waals surface area contributed by atoms with Crippen molar-refractivity contribution in [1.82, 2.24) is 0 Å². The summed E-state index contributed by atoms with van der Waals surface area (Å²) in [4.78, 5) is 0. The lowest BCUT2D eigenvalue weighted by molar-refractivity contribution is -0.00540. The lowest BCUT2D eigenvalue weighted by Crippen LogP contribution is -2.30. The number of rotatable bonds is 17. The molecule has 2 heteroatoms. The molecule has 2 N–H and O–H groups in total. The van der Waals surface area contributed by atoms with Crippen molar-refractivity contribution in [2.45, 2.75) is 142 Å². The Morgan fingerprint density at radius 3 is 0.833 bits per heavy atom. The monoisotopic (exact) mass is 342 g/mol. The summed E-state index contributed by atoms with van der Waals surface area (Å²) in [7, 11) is 0. The predicted octanol–water partition coefficient (Wildman–Crippen LogP) is 6.77. The summed E-state index contributed by atoms with van der Waals surface area (Å²) in [6, 6.07) is 0. The van der Waals surface area contributed by atoms with E-state index in [1.54, 1.807) is 0 Å². The number of hydrogen-bond donors (Lipinski definition) is 2. The van der Waals surface area contributed by atoms with Crippen LogP contribution >= 0.6 is 0 Å². The predicted molar refractivity (Wildman–Crippen MR) is 106 cm³/mol. The second-order valence-corrected chi connectivity index (χ2v) is 8.07. The molecule has 0 aliphatic heterocycles. The van der Waals surface area contributed by atoms with Crippen molar-refractivity contribution in [1.29, 1.82) is 0 Å². The fraction of sp³-hybridized carbons (Fsp3) is 1.00. The summed E-state index contributed by atoms with van der Waals surface area (Å²) in [5.41, 5.74) is -0.923. The van der Waals surface area contributed by atoms with Gasteiger partial charge in [-0.05, 0) is 38.5 Å². The van der Waals surface area contributed by atoms with Crippen molar-refractivity contribution in [3.05, 3.63) is 0 Å². The molecule has 0 spiro atoms. The quantitative estimate of drug-likeness (QED) is 0.286. The third kappa shape index (κ3) is 11.5. The van der Waals surface area contributed by atoms with Gasteiger partial charge in [-0.15, -0.1) is 0 Å². The van der Waals surface area contributed by atoms with Crippen LogP contribution in [0, 0.1) is 0 Å². The lowest BCUT2D eigenvalue weighted by Gasteiger charge is -2.31. The van der Waals surface area contributed by atoms with Gasteiger partial charge in [0.25, 0.3) is 0 Å². The maximum atomic E-state index is 10.9. The van der Waals surface area contributed by atoms with Crippen LogP contribution in [0.3, 0.4) is 0 Å². The fourth-order valence-corrected chi connectivity index (χ4v) is 3.68. The van der Waals surface area contributed by atoms with Crippen LogP contribution in [-0.4, -0.2) is 21.4 Å². The zero-order valence-electron chi connectivity index (χ0n) is 17.2. The van der Waals surface area contributed by atoms with Gasteiger partial charge in [0.15, 0.2) is 0 Å². The first-order valence-corrected chi connectivity index (χ1v) is 10.9. The van der Waals surface area contributed by atoms with Crippen molar-refractivity contribution in [3.8, 4) is 0 Å². The van der Waals surface area contributed by atoms with Gasteiger partial charge in [0.2, 0.25) is 0 Å². The van der Waals surface area contributed by atoms with E-state index in [-0.39, 0.29) is 0 Å². The second-order valence-electron chi connectivity index (χ2n) is 8.07. The highest BCUT2D eigenvalue weighted by Crippen LogP contribution is 2.31. The van der Waals surface area contributed by atoms with Crippen molar-refractivity contribution in [3.63, 3.8) is 0 Å². The van der Waals surface area contributed by atoms with E-state index in [1.807, 2.05) is 0 Å². The summed E-state index contributed by atoms with van der Waals surface area (Å²) in [6.45, 7) is 8.78. The number of aliphatic hydroxyl groups is 2. The minimum Gasteiger partial charge on any atom is -0.390 e. The highest BCUT2D eigenvalue weighted by molar-refractivity contribution is 4.81. The molecule has 0 heterocycles. The van der Waals surface area contributed by atoms with Crippen LogP contribution in [0.4, 0.5) is 0 Å². The molecule has 0 amide bonds. The average molecular weight is 343 g/mol. The van der Waals surface area contributed by atoms with Crippen molar-refractivity contribution < 1.29 is 10.2 Å². The van der Waals surface area contributed by atoms with E-state index < -0.39 is 11.2 Å². The molecule has 2 nitrogen and oxygen atoms in total. The van der Waals surface area contributed by atoms with Gasteiger partial charge < -0.3 is 10.2 Å². The highest BCUT2D eigenvalue weighted by atomic mass is 16.3. The lowest BCUT2D eigenvalue weighted by atomic mass is 9.83. The van der Waals surface area contributed by atoms with Gasteiger partial charge in [0.1, 0.15) is 0 Å². The second kappa shape index (κ2) is 14.1.